The first kappa shape index (κ1) is 21.1. The fraction of sp³-hybridized carbons (Fsp3) is 0.571. The van der Waals surface area contributed by atoms with E-state index in [1.807, 2.05) is 24.6 Å². The summed E-state index contributed by atoms with van der Waals surface area (Å²) in [5, 5.41) is 15.2. The number of guanidine groups is 1. The Morgan fingerprint density at radius 2 is 2.10 bits per heavy atom. The quantitative estimate of drug-likeness (QED) is 0.380. The van der Waals surface area contributed by atoms with E-state index in [2.05, 4.69) is 57.0 Å². The lowest BCUT2D eigenvalue weighted by Gasteiger charge is -2.20. The summed E-state index contributed by atoms with van der Waals surface area (Å²) in [6.07, 6.45) is 2.12. The van der Waals surface area contributed by atoms with Crippen molar-refractivity contribution in [2.75, 3.05) is 44.8 Å². The maximum atomic E-state index is 5.48. The lowest BCUT2D eigenvalue weighted by atomic mass is 10.1. The zero-order valence-corrected chi connectivity index (χ0v) is 17.8. The smallest absolute Gasteiger partial charge is 0.191 e. The molecule has 3 rings (SSSR count). The molecule has 2 heterocycles. The molecule has 2 aromatic rings. The molecule has 0 bridgehead atoms. The van der Waals surface area contributed by atoms with Gasteiger partial charge < -0.3 is 24.8 Å². The van der Waals surface area contributed by atoms with E-state index in [1.54, 1.807) is 0 Å². The second-order valence-corrected chi connectivity index (χ2v) is 7.54. The third-order valence-electron chi connectivity index (χ3n) is 5.30. The first-order valence-electron chi connectivity index (χ1n) is 10.3. The number of nitrogens with zero attached hydrogens (tertiary/aromatic N) is 5. The standard InChI is InChI=1S/C21H33N7O/c1-17-25-26-20(28(17)3)15-24-21(23-14-18-10-13-29-16-18)22-11-7-12-27(2)19-8-5-4-6-9-19/h4-6,8-9,18H,7,10-16H2,1-3H3,(H2,22,23,24). The molecule has 1 aliphatic heterocycles. The van der Waals surface area contributed by atoms with Crippen LogP contribution in [0, 0.1) is 12.8 Å². The van der Waals surface area contributed by atoms with Crippen LogP contribution >= 0.6 is 0 Å². The zero-order valence-electron chi connectivity index (χ0n) is 17.8. The van der Waals surface area contributed by atoms with Crippen LogP contribution in [-0.2, 0) is 18.3 Å². The van der Waals surface area contributed by atoms with Gasteiger partial charge in [-0.1, -0.05) is 18.2 Å². The largest absolute Gasteiger partial charge is 0.381 e. The van der Waals surface area contributed by atoms with Gasteiger partial charge in [-0.3, -0.25) is 0 Å². The Hall–Kier alpha value is -2.61. The molecule has 0 radical (unpaired) electrons. The minimum absolute atomic E-state index is 0.498. The highest BCUT2D eigenvalue weighted by Crippen LogP contribution is 2.11. The predicted octanol–water partition coefficient (Wildman–Crippen LogP) is 1.72. The maximum absolute atomic E-state index is 5.48. The fourth-order valence-corrected chi connectivity index (χ4v) is 3.23. The summed E-state index contributed by atoms with van der Waals surface area (Å²) >= 11 is 0. The van der Waals surface area contributed by atoms with E-state index < -0.39 is 0 Å². The highest BCUT2D eigenvalue weighted by molar-refractivity contribution is 5.79. The summed E-state index contributed by atoms with van der Waals surface area (Å²) in [6.45, 7) is 6.82. The molecule has 0 spiro atoms. The van der Waals surface area contributed by atoms with E-state index in [1.165, 1.54) is 5.69 Å². The van der Waals surface area contributed by atoms with Crippen molar-refractivity contribution in [3.8, 4) is 0 Å². The molecule has 29 heavy (non-hydrogen) atoms. The Balaban J connectivity index is 1.49. The van der Waals surface area contributed by atoms with Gasteiger partial charge in [0.15, 0.2) is 11.8 Å². The molecule has 1 aromatic carbocycles. The minimum Gasteiger partial charge on any atom is -0.381 e. The van der Waals surface area contributed by atoms with Gasteiger partial charge in [0.05, 0.1) is 6.61 Å². The van der Waals surface area contributed by atoms with Crippen molar-refractivity contribution < 1.29 is 4.74 Å². The summed E-state index contributed by atoms with van der Waals surface area (Å²) in [5.74, 6) is 3.12. The number of rotatable bonds is 9. The zero-order chi connectivity index (χ0) is 20.5. The number of anilines is 1. The van der Waals surface area contributed by atoms with Crippen LogP contribution in [0.5, 0.6) is 0 Å². The summed E-state index contributed by atoms with van der Waals surface area (Å²) < 4.78 is 7.45. The maximum Gasteiger partial charge on any atom is 0.191 e. The predicted molar refractivity (Wildman–Crippen MR) is 116 cm³/mol. The first-order chi connectivity index (χ1) is 14.1. The van der Waals surface area contributed by atoms with Crippen LogP contribution in [0.15, 0.2) is 35.3 Å². The lowest BCUT2D eigenvalue weighted by Crippen LogP contribution is -2.41. The number of hydrogen-bond donors (Lipinski definition) is 2. The van der Waals surface area contributed by atoms with Crippen molar-refractivity contribution >= 4 is 11.6 Å². The van der Waals surface area contributed by atoms with Crippen molar-refractivity contribution in [1.82, 2.24) is 25.4 Å². The molecule has 0 saturated carbocycles. The van der Waals surface area contributed by atoms with Gasteiger partial charge in [-0.05, 0) is 31.9 Å². The fourth-order valence-electron chi connectivity index (χ4n) is 3.23. The van der Waals surface area contributed by atoms with E-state index in [4.69, 9.17) is 9.73 Å². The molecular formula is C21H33N7O. The monoisotopic (exact) mass is 399 g/mol. The van der Waals surface area contributed by atoms with Crippen molar-refractivity contribution in [3.05, 3.63) is 42.0 Å². The van der Waals surface area contributed by atoms with Crippen molar-refractivity contribution in [1.29, 1.82) is 0 Å². The molecule has 1 aliphatic rings. The Bertz CT molecular complexity index is 769. The Labute approximate surface area is 173 Å². The molecule has 1 unspecified atom stereocenters. The van der Waals surface area contributed by atoms with Gasteiger partial charge in [-0.25, -0.2) is 4.99 Å². The van der Waals surface area contributed by atoms with Gasteiger partial charge in [0.1, 0.15) is 12.4 Å². The van der Waals surface area contributed by atoms with Crippen molar-refractivity contribution in [3.63, 3.8) is 0 Å². The number of aryl methyl sites for hydroxylation is 1. The minimum atomic E-state index is 0.498. The highest BCUT2D eigenvalue weighted by Gasteiger charge is 2.16. The molecule has 2 N–H and O–H groups in total. The van der Waals surface area contributed by atoms with Crippen LogP contribution < -0.4 is 15.5 Å². The second-order valence-electron chi connectivity index (χ2n) is 7.54. The van der Waals surface area contributed by atoms with Crippen LogP contribution in [0.2, 0.25) is 0 Å². The molecule has 8 heteroatoms. The SMILES string of the molecule is Cc1nnc(CN=C(NCCCN(C)c2ccccc2)NCC2CCOC2)n1C. The van der Waals surface area contributed by atoms with Crippen molar-refractivity contribution in [2.24, 2.45) is 18.0 Å². The topological polar surface area (TPSA) is 79.6 Å². The molecular weight excluding hydrogens is 366 g/mol. The van der Waals surface area contributed by atoms with E-state index >= 15 is 0 Å². The average Bonchev–Trinajstić information content (AvgIpc) is 3.38. The third-order valence-corrected chi connectivity index (χ3v) is 5.30. The first-order valence-corrected chi connectivity index (χ1v) is 10.3. The van der Waals surface area contributed by atoms with E-state index in [9.17, 15) is 0 Å². The van der Waals surface area contributed by atoms with E-state index in [0.717, 1.165) is 63.3 Å². The number of benzene rings is 1. The van der Waals surface area contributed by atoms with Gasteiger partial charge in [-0.15, -0.1) is 10.2 Å². The van der Waals surface area contributed by atoms with Gasteiger partial charge >= 0.3 is 0 Å². The summed E-state index contributed by atoms with van der Waals surface area (Å²) in [5.41, 5.74) is 1.23. The van der Waals surface area contributed by atoms with Gasteiger partial charge in [0.2, 0.25) is 0 Å². The van der Waals surface area contributed by atoms with Crippen molar-refractivity contribution in [2.45, 2.75) is 26.3 Å². The van der Waals surface area contributed by atoms with Crippen LogP contribution in [-0.4, -0.2) is 60.6 Å². The van der Waals surface area contributed by atoms with Gasteiger partial charge in [0.25, 0.3) is 0 Å². The third kappa shape index (κ3) is 6.45. The van der Waals surface area contributed by atoms with Gasteiger partial charge in [-0.2, -0.15) is 0 Å². The number of aromatic nitrogens is 3. The van der Waals surface area contributed by atoms with Crippen LogP contribution in [0.4, 0.5) is 5.69 Å². The Morgan fingerprint density at radius 3 is 2.79 bits per heavy atom. The summed E-state index contributed by atoms with van der Waals surface area (Å²) in [7, 11) is 4.09. The normalized spacial score (nSPS) is 16.8. The summed E-state index contributed by atoms with van der Waals surface area (Å²) in [6, 6.07) is 10.4. The molecule has 0 aliphatic carbocycles. The number of hydrogen-bond acceptors (Lipinski definition) is 5. The molecule has 1 fully saturated rings. The number of ether oxygens (including phenoxy) is 1. The van der Waals surface area contributed by atoms with Crippen LogP contribution in [0.3, 0.4) is 0 Å². The number of para-hydroxylation sites is 1. The van der Waals surface area contributed by atoms with Crippen LogP contribution in [0.25, 0.3) is 0 Å². The van der Waals surface area contributed by atoms with Gasteiger partial charge in [0, 0.05) is 51.9 Å². The second kappa shape index (κ2) is 10.8. The van der Waals surface area contributed by atoms with Crippen LogP contribution in [0.1, 0.15) is 24.5 Å². The highest BCUT2D eigenvalue weighted by atomic mass is 16.5. The molecule has 1 saturated heterocycles. The average molecular weight is 400 g/mol. The molecule has 0 amide bonds. The van der Waals surface area contributed by atoms with E-state index in [-0.39, 0.29) is 0 Å². The Kier molecular flexibility index (Phi) is 7.86. The Morgan fingerprint density at radius 1 is 1.28 bits per heavy atom. The lowest BCUT2D eigenvalue weighted by molar-refractivity contribution is 0.186. The number of nitrogens with one attached hydrogen (secondary N) is 2. The van der Waals surface area contributed by atoms with E-state index in [0.29, 0.717) is 12.5 Å². The number of aliphatic imine (C=N–C) groups is 1. The molecule has 1 aromatic heterocycles. The molecule has 8 nitrogen and oxygen atoms in total. The molecule has 1 atom stereocenters. The molecule has 158 valence electrons. The summed E-state index contributed by atoms with van der Waals surface area (Å²) in [4.78, 5) is 6.99.